The molecule has 0 unspecified atom stereocenters. The summed E-state index contributed by atoms with van der Waals surface area (Å²) in [5.41, 5.74) is 0. The molecule has 1 aliphatic carbocycles. The third-order valence-electron chi connectivity index (χ3n) is 1.41. The van der Waals surface area contributed by atoms with E-state index in [0.717, 1.165) is 0 Å². The average Bonchev–Trinajstić information content (AvgIpc) is 2.38. The molecule has 1 nitrogen and oxygen atoms in total. The standard InChI is InChI=1S/C5H5.C2H5O.2CH3.Hf/c1-2-4-5-3-1;1-2-3;;;/h1-3H,4H2;2H2,1H3;2*1H3;/q;-1;;;+1. The molecule has 0 atom stereocenters. The Morgan fingerprint density at radius 3 is 2.27 bits per heavy atom. The third-order valence-corrected chi connectivity index (χ3v) is 7.36. The van der Waals surface area contributed by atoms with E-state index < -0.39 is 21.4 Å². The molecule has 0 spiro atoms. The van der Waals surface area contributed by atoms with Gasteiger partial charge < -0.3 is 5.11 Å². The summed E-state index contributed by atoms with van der Waals surface area (Å²) in [4.78, 5) is 0. The Morgan fingerprint density at radius 2 is 2.09 bits per heavy atom. The summed E-state index contributed by atoms with van der Waals surface area (Å²) in [5.74, 6) is 0. The molecule has 0 radical (unpaired) electrons. The van der Waals surface area contributed by atoms with E-state index in [1.54, 1.807) is 10.3 Å². The van der Waals surface area contributed by atoms with Crippen LogP contribution in [0.15, 0.2) is 21.6 Å². The third kappa shape index (κ3) is 5.57. The van der Waals surface area contributed by atoms with E-state index in [9.17, 15) is 0 Å². The molecule has 1 aliphatic rings. The molecule has 2 heteroatoms. The second kappa shape index (κ2) is 6.99. The molecule has 0 saturated heterocycles. The van der Waals surface area contributed by atoms with Crippen molar-refractivity contribution in [2.24, 2.45) is 0 Å². The molecule has 0 bridgehead atoms. The quantitative estimate of drug-likeness (QED) is 0.677. The van der Waals surface area contributed by atoms with Crippen LogP contribution >= 0.6 is 0 Å². The Kier molecular flexibility index (Phi) is 7.18. The zero-order valence-electron chi connectivity index (χ0n) is 7.55. The van der Waals surface area contributed by atoms with E-state index in [1.165, 1.54) is 6.42 Å². The van der Waals surface area contributed by atoms with Crippen molar-refractivity contribution in [2.75, 3.05) is 6.61 Å². The predicted octanol–water partition coefficient (Wildman–Crippen LogP) is 1.91. The minimum atomic E-state index is -1.05. The fraction of sp³-hybridized carbons (Fsp3) is 0.556. The summed E-state index contributed by atoms with van der Waals surface area (Å²) in [7, 11) is 0. The van der Waals surface area contributed by atoms with Crippen LogP contribution in [0.3, 0.4) is 0 Å². The zero-order valence-corrected chi connectivity index (χ0v) is 11.1. The van der Waals surface area contributed by atoms with Gasteiger partial charge in [-0.1, -0.05) is 6.92 Å². The SMILES string of the molecule is CC[O-].[CH3][Hf+]([CH3])[C]1=CC=CC1. The van der Waals surface area contributed by atoms with E-state index in [0.29, 0.717) is 0 Å². The Labute approximate surface area is 77.3 Å². The zero-order chi connectivity index (χ0) is 8.69. The molecule has 0 fully saturated rings. The normalized spacial score (nSPS) is 13.6. The van der Waals surface area contributed by atoms with E-state index in [1.807, 2.05) is 0 Å². The van der Waals surface area contributed by atoms with E-state index in [4.69, 9.17) is 5.11 Å². The first-order valence-corrected chi connectivity index (χ1v) is 12.9. The Balaban J connectivity index is 0.000000292. The maximum absolute atomic E-state index is 8.93. The van der Waals surface area contributed by atoms with Gasteiger partial charge >= 0.3 is 58.8 Å². The van der Waals surface area contributed by atoms with Gasteiger partial charge in [-0.05, 0) is 0 Å². The molecule has 0 aliphatic heterocycles. The molecule has 0 aromatic rings. The second-order valence-corrected chi connectivity index (χ2v) is 12.1. The van der Waals surface area contributed by atoms with Gasteiger partial charge in [-0.3, -0.25) is 0 Å². The molecule has 0 aromatic carbocycles. The molecule has 62 valence electrons. The fourth-order valence-corrected chi connectivity index (χ4v) is 4.25. The average molecular weight is 319 g/mol. The minimum absolute atomic E-state index is 0. The van der Waals surface area contributed by atoms with Gasteiger partial charge in [0.25, 0.3) is 0 Å². The van der Waals surface area contributed by atoms with Crippen molar-refractivity contribution in [1.29, 1.82) is 0 Å². The van der Waals surface area contributed by atoms with Crippen LogP contribution in [0, 0.1) is 0 Å². The van der Waals surface area contributed by atoms with Crippen molar-refractivity contribution in [1.82, 2.24) is 0 Å². The van der Waals surface area contributed by atoms with Gasteiger partial charge in [0, 0.05) is 0 Å². The van der Waals surface area contributed by atoms with Crippen molar-refractivity contribution in [3.63, 3.8) is 0 Å². The molecular weight excluding hydrogens is 303 g/mol. The first-order valence-electron chi connectivity index (χ1n) is 3.96. The first-order chi connectivity index (χ1) is 5.22. The van der Waals surface area contributed by atoms with E-state index in [-0.39, 0.29) is 6.61 Å². The Bertz CT molecular complexity index is 148. The summed E-state index contributed by atoms with van der Waals surface area (Å²) in [6, 6.07) is 0. The Morgan fingerprint density at radius 1 is 1.55 bits per heavy atom. The van der Waals surface area contributed by atoms with Crippen LogP contribution in [0.1, 0.15) is 13.3 Å². The van der Waals surface area contributed by atoms with Crippen LogP contribution < -0.4 is 5.11 Å². The monoisotopic (exact) mass is 320 g/mol. The molecule has 0 amide bonds. The van der Waals surface area contributed by atoms with Gasteiger partial charge in [0.15, 0.2) is 0 Å². The van der Waals surface area contributed by atoms with Gasteiger partial charge in [0.05, 0.1) is 0 Å². The number of rotatable bonds is 1. The molecular formula is C9H16HfO. The molecule has 11 heavy (non-hydrogen) atoms. The van der Waals surface area contributed by atoms with Crippen LogP contribution in [0.2, 0.25) is 9.36 Å². The predicted molar refractivity (Wildman–Crippen MR) is 44.1 cm³/mol. The maximum atomic E-state index is 8.93. The van der Waals surface area contributed by atoms with Crippen LogP contribution in [0.25, 0.3) is 0 Å². The van der Waals surface area contributed by atoms with Crippen LogP contribution in [0.5, 0.6) is 0 Å². The topological polar surface area (TPSA) is 23.1 Å². The summed E-state index contributed by atoms with van der Waals surface area (Å²) >= 11 is -1.05. The molecule has 0 heterocycles. The molecule has 1 rings (SSSR count). The first kappa shape index (κ1) is 11.3. The van der Waals surface area contributed by atoms with Crippen molar-refractivity contribution >= 4 is 0 Å². The van der Waals surface area contributed by atoms with Crippen molar-refractivity contribution in [2.45, 2.75) is 22.7 Å². The number of allylic oxidation sites excluding steroid dienone is 4. The van der Waals surface area contributed by atoms with Crippen LogP contribution in [-0.4, -0.2) is 6.61 Å². The summed E-state index contributed by atoms with van der Waals surface area (Å²) in [6.07, 6.45) is 8.02. The molecule has 0 N–H and O–H groups in total. The number of hydrogen-bond donors (Lipinski definition) is 0. The van der Waals surface area contributed by atoms with Gasteiger partial charge in [-0.25, -0.2) is 0 Å². The van der Waals surface area contributed by atoms with E-state index >= 15 is 0 Å². The van der Waals surface area contributed by atoms with Crippen LogP contribution in [-0.2, 0) is 21.4 Å². The summed E-state index contributed by atoms with van der Waals surface area (Å²) in [5, 5.41) is 8.93. The molecule has 0 saturated carbocycles. The van der Waals surface area contributed by atoms with Gasteiger partial charge in [-0.2, -0.15) is 0 Å². The van der Waals surface area contributed by atoms with Gasteiger partial charge in [-0.15, -0.1) is 6.61 Å². The van der Waals surface area contributed by atoms with Gasteiger partial charge in [0.1, 0.15) is 0 Å². The Hall–Kier alpha value is 0.310. The molecule has 0 aromatic heterocycles. The number of hydrogen-bond acceptors (Lipinski definition) is 1. The second-order valence-electron chi connectivity index (χ2n) is 2.61. The summed E-state index contributed by atoms with van der Waals surface area (Å²) < 4.78 is 6.67. The van der Waals surface area contributed by atoms with Crippen molar-refractivity contribution < 1.29 is 26.5 Å². The van der Waals surface area contributed by atoms with Crippen molar-refractivity contribution in [3.05, 3.63) is 21.6 Å². The van der Waals surface area contributed by atoms with Crippen molar-refractivity contribution in [3.8, 4) is 0 Å². The van der Waals surface area contributed by atoms with Gasteiger partial charge in [0.2, 0.25) is 0 Å². The van der Waals surface area contributed by atoms with E-state index in [2.05, 4.69) is 27.6 Å². The van der Waals surface area contributed by atoms with Crippen LogP contribution in [0.4, 0.5) is 0 Å². The summed E-state index contributed by atoms with van der Waals surface area (Å²) in [6.45, 7) is 1.57. The fourth-order valence-electron chi connectivity index (χ4n) is 0.818.